The Morgan fingerprint density at radius 3 is 2.50 bits per heavy atom. The Morgan fingerprint density at radius 2 is 2.10 bits per heavy atom. The summed E-state index contributed by atoms with van der Waals surface area (Å²) in [6.45, 7) is 0.352. The van der Waals surface area contributed by atoms with Crippen LogP contribution < -0.4 is 5.73 Å². The third-order valence-electron chi connectivity index (χ3n) is 0.944. The van der Waals surface area contributed by atoms with Crippen molar-refractivity contribution in [2.24, 2.45) is 5.73 Å². The second-order valence-electron chi connectivity index (χ2n) is 1.89. The third-order valence-corrected chi connectivity index (χ3v) is 2.42. The molecular formula is C5H10N2O2S. The summed E-state index contributed by atoms with van der Waals surface area (Å²) < 4.78 is 21.4. The molecule has 10 heavy (non-hydrogen) atoms. The fourth-order valence-electron chi connectivity index (χ4n) is 0.474. The number of hydrogen-bond donors (Lipinski definition) is 1. The van der Waals surface area contributed by atoms with E-state index in [2.05, 4.69) is 0 Å². The maximum atomic E-state index is 10.7. The smallest absolute Gasteiger partial charge is 0.163 e. The molecular weight excluding hydrogens is 152 g/mol. The van der Waals surface area contributed by atoms with Crippen LogP contribution in [0.1, 0.15) is 6.42 Å². The lowest BCUT2D eigenvalue weighted by molar-refractivity contribution is 0.597. The first-order valence-corrected chi connectivity index (χ1v) is 4.72. The van der Waals surface area contributed by atoms with Crippen LogP contribution in [0, 0.1) is 11.3 Å². The lowest BCUT2D eigenvalue weighted by Crippen LogP contribution is -2.13. The fraction of sp³-hybridized carbons (Fsp3) is 0.800. The van der Waals surface area contributed by atoms with Gasteiger partial charge in [0.25, 0.3) is 0 Å². The summed E-state index contributed by atoms with van der Waals surface area (Å²) in [5.41, 5.74) is 5.08. The number of nitrogens with zero attached hydrogens (tertiary/aromatic N) is 1. The minimum atomic E-state index is -3.13. The minimum absolute atomic E-state index is 0.0249. The predicted octanol–water partition coefficient (Wildman–Crippen LogP) is -0.726. The molecule has 0 unspecified atom stereocenters. The molecule has 0 aromatic heterocycles. The van der Waals surface area contributed by atoms with Crippen molar-refractivity contribution < 1.29 is 8.42 Å². The van der Waals surface area contributed by atoms with Gasteiger partial charge in [-0.1, -0.05) is 0 Å². The highest BCUT2D eigenvalue weighted by atomic mass is 32.2. The highest BCUT2D eigenvalue weighted by molar-refractivity contribution is 7.91. The van der Waals surface area contributed by atoms with Gasteiger partial charge in [0, 0.05) is 0 Å². The van der Waals surface area contributed by atoms with Gasteiger partial charge in [0.05, 0.1) is 11.8 Å². The molecule has 0 spiro atoms. The second kappa shape index (κ2) is 4.25. The van der Waals surface area contributed by atoms with Crippen LogP contribution in [-0.4, -0.2) is 26.5 Å². The Kier molecular flexibility index (Phi) is 4.00. The topological polar surface area (TPSA) is 84.0 Å². The van der Waals surface area contributed by atoms with Crippen molar-refractivity contribution >= 4 is 9.84 Å². The molecule has 0 aliphatic rings. The highest BCUT2D eigenvalue weighted by Crippen LogP contribution is 1.90. The van der Waals surface area contributed by atoms with E-state index in [0.717, 1.165) is 0 Å². The molecule has 5 heteroatoms. The van der Waals surface area contributed by atoms with Crippen LogP contribution in [0.15, 0.2) is 0 Å². The monoisotopic (exact) mass is 162 g/mol. The third kappa shape index (κ3) is 4.30. The van der Waals surface area contributed by atoms with Crippen molar-refractivity contribution in [3.63, 3.8) is 0 Å². The van der Waals surface area contributed by atoms with Gasteiger partial charge in [-0.3, -0.25) is 0 Å². The Bertz CT molecular complexity index is 214. The maximum absolute atomic E-state index is 10.7. The minimum Gasteiger partial charge on any atom is -0.330 e. The Hall–Kier alpha value is -0.600. The van der Waals surface area contributed by atoms with E-state index >= 15 is 0 Å². The largest absolute Gasteiger partial charge is 0.330 e. The summed E-state index contributed by atoms with van der Waals surface area (Å²) in [7, 11) is -3.13. The molecule has 0 aliphatic carbocycles. The van der Waals surface area contributed by atoms with Crippen LogP contribution in [0.4, 0.5) is 0 Å². The number of hydrogen-bond acceptors (Lipinski definition) is 4. The van der Waals surface area contributed by atoms with Crippen molar-refractivity contribution in [1.29, 1.82) is 5.26 Å². The lowest BCUT2D eigenvalue weighted by atomic mass is 10.5. The molecule has 2 N–H and O–H groups in total. The van der Waals surface area contributed by atoms with Gasteiger partial charge in [-0.2, -0.15) is 5.26 Å². The number of nitrogens with two attached hydrogens (primary N) is 1. The molecule has 4 nitrogen and oxygen atoms in total. The van der Waals surface area contributed by atoms with Gasteiger partial charge in [0.15, 0.2) is 9.84 Å². The van der Waals surface area contributed by atoms with Crippen LogP contribution in [0.5, 0.6) is 0 Å². The van der Waals surface area contributed by atoms with Crippen LogP contribution in [-0.2, 0) is 9.84 Å². The molecule has 0 aromatic rings. The summed E-state index contributed by atoms with van der Waals surface area (Å²) in [6.07, 6.45) is 0.435. The molecule has 0 atom stereocenters. The van der Waals surface area contributed by atoms with Gasteiger partial charge in [0.1, 0.15) is 5.75 Å². The SMILES string of the molecule is N#CCS(=O)(=O)CCCN. The summed E-state index contributed by atoms with van der Waals surface area (Å²) in [5, 5.41) is 8.04. The van der Waals surface area contributed by atoms with Gasteiger partial charge in [-0.25, -0.2) is 8.42 Å². The van der Waals surface area contributed by atoms with E-state index in [9.17, 15) is 8.42 Å². The van der Waals surface area contributed by atoms with Crippen molar-refractivity contribution in [3.05, 3.63) is 0 Å². The quantitative estimate of drug-likeness (QED) is 0.591. The summed E-state index contributed by atoms with van der Waals surface area (Å²) in [4.78, 5) is 0. The predicted molar refractivity (Wildman–Crippen MR) is 37.9 cm³/mol. The molecule has 0 radical (unpaired) electrons. The molecule has 0 aliphatic heterocycles. The average Bonchev–Trinajstić information content (AvgIpc) is 1.84. The molecule has 0 rings (SSSR count). The molecule has 58 valence electrons. The zero-order chi connectivity index (χ0) is 8.04. The summed E-state index contributed by atoms with van der Waals surface area (Å²) in [6, 6.07) is 1.59. The van der Waals surface area contributed by atoms with Crippen molar-refractivity contribution in [1.82, 2.24) is 0 Å². The van der Waals surface area contributed by atoms with Crippen molar-refractivity contribution in [2.45, 2.75) is 6.42 Å². The van der Waals surface area contributed by atoms with Crippen molar-refractivity contribution in [3.8, 4) is 6.07 Å². The van der Waals surface area contributed by atoms with Crippen LogP contribution in [0.25, 0.3) is 0 Å². The second-order valence-corrected chi connectivity index (χ2v) is 4.08. The zero-order valence-electron chi connectivity index (χ0n) is 5.58. The fourth-order valence-corrected chi connectivity index (χ4v) is 1.42. The van der Waals surface area contributed by atoms with Gasteiger partial charge < -0.3 is 5.73 Å². The van der Waals surface area contributed by atoms with Gasteiger partial charge in [-0.15, -0.1) is 0 Å². The normalized spacial score (nSPS) is 10.8. The van der Waals surface area contributed by atoms with E-state index in [-0.39, 0.29) is 5.75 Å². The van der Waals surface area contributed by atoms with Crippen molar-refractivity contribution in [2.75, 3.05) is 18.1 Å². The van der Waals surface area contributed by atoms with E-state index in [4.69, 9.17) is 11.0 Å². The number of nitriles is 1. The first kappa shape index (κ1) is 9.40. The molecule has 0 fully saturated rings. The summed E-state index contributed by atoms with van der Waals surface area (Å²) in [5.74, 6) is -0.371. The molecule has 0 bridgehead atoms. The average molecular weight is 162 g/mol. The first-order valence-electron chi connectivity index (χ1n) is 2.90. The van der Waals surface area contributed by atoms with Crippen LogP contribution in [0.2, 0.25) is 0 Å². The molecule has 0 heterocycles. The Morgan fingerprint density at radius 1 is 1.50 bits per heavy atom. The first-order chi connectivity index (χ1) is 4.62. The van der Waals surface area contributed by atoms with E-state index in [1.54, 1.807) is 6.07 Å². The van der Waals surface area contributed by atoms with Crippen LogP contribution in [0.3, 0.4) is 0 Å². The standard InChI is InChI=1S/C5H10N2O2S/c6-2-1-4-10(8,9)5-3-7/h1-2,4-6H2. The Balaban J connectivity index is 3.80. The van der Waals surface area contributed by atoms with E-state index in [0.29, 0.717) is 13.0 Å². The van der Waals surface area contributed by atoms with Gasteiger partial charge in [0.2, 0.25) is 0 Å². The summed E-state index contributed by atoms with van der Waals surface area (Å²) >= 11 is 0. The number of rotatable bonds is 4. The van der Waals surface area contributed by atoms with E-state index in [1.165, 1.54) is 0 Å². The van der Waals surface area contributed by atoms with Gasteiger partial charge in [-0.05, 0) is 13.0 Å². The molecule has 0 saturated heterocycles. The van der Waals surface area contributed by atoms with E-state index in [1.807, 2.05) is 0 Å². The number of sulfone groups is 1. The maximum Gasteiger partial charge on any atom is 0.163 e. The highest BCUT2D eigenvalue weighted by Gasteiger charge is 2.07. The van der Waals surface area contributed by atoms with E-state index < -0.39 is 15.6 Å². The molecule has 0 saturated carbocycles. The van der Waals surface area contributed by atoms with Crippen LogP contribution >= 0.6 is 0 Å². The van der Waals surface area contributed by atoms with Gasteiger partial charge >= 0.3 is 0 Å². The molecule has 0 amide bonds. The Labute approximate surface area is 60.6 Å². The molecule has 0 aromatic carbocycles. The lowest BCUT2D eigenvalue weighted by Gasteiger charge is -1.95. The zero-order valence-corrected chi connectivity index (χ0v) is 6.39.